The highest BCUT2D eigenvalue weighted by molar-refractivity contribution is 6.30. The number of hydrogen-bond donors (Lipinski definition) is 2. The molecule has 0 saturated carbocycles. The second-order valence-corrected chi connectivity index (χ2v) is 5.30. The van der Waals surface area contributed by atoms with E-state index in [1.165, 1.54) is 0 Å². The van der Waals surface area contributed by atoms with Crippen LogP contribution < -0.4 is 5.32 Å². The topological polar surface area (TPSA) is 69.6 Å². The van der Waals surface area contributed by atoms with Gasteiger partial charge >= 0.3 is 0 Å². The van der Waals surface area contributed by atoms with Gasteiger partial charge < -0.3 is 15.3 Å². The molecule has 108 valence electrons. The Bertz CT molecular complexity index is 490. The standard InChI is InChI=1S/C14H17ClN2O3/c15-12-3-1-11(2-4-12)14(20)16-7-13(19)17-6-5-10(8-17)9-18/h1-4,10,18H,5-9H2,(H,16,20). The lowest BCUT2D eigenvalue weighted by Crippen LogP contribution is -2.39. The lowest BCUT2D eigenvalue weighted by molar-refractivity contribution is -0.129. The maximum absolute atomic E-state index is 11.9. The van der Waals surface area contributed by atoms with Crippen LogP contribution in [-0.2, 0) is 4.79 Å². The van der Waals surface area contributed by atoms with Crippen LogP contribution in [0, 0.1) is 5.92 Å². The van der Waals surface area contributed by atoms with Gasteiger partial charge in [-0.2, -0.15) is 0 Å². The molecule has 2 amide bonds. The summed E-state index contributed by atoms with van der Waals surface area (Å²) in [5.74, 6) is -0.262. The first-order valence-corrected chi connectivity index (χ1v) is 6.90. The number of halogens is 1. The van der Waals surface area contributed by atoms with E-state index in [-0.39, 0.29) is 30.9 Å². The smallest absolute Gasteiger partial charge is 0.251 e. The van der Waals surface area contributed by atoms with E-state index < -0.39 is 0 Å². The number of nitrogens with zero attached hydrogens (tertiary/aromatic N) is 1. The van der Waals surface area contributed by atoms with E-state index in [1.807, 2.05) is 0 Å². The van der Waals surface area contributed by atoms with E-state index in [9.17, 15) is 9.59 Å². The monoisotopic (exact) mass is 296 g/mol. The first-order chi connectivity index (χ1) is 9.60. The molecule has 0 spiro atoms. The van der Waals surface area contributed by atoms with Gasteiger partial charge in [0.25, 0.3) is 5.91 Å². The summed E-state index contributed by atoms with van der Waals surface area (Å²) < 4.78 is 0. The van der Waals surface area contributed by atoms with Gasteiger partial charge in [-0.05, 0) is 30.7 Å². The van der Waals surface area contributed by atoms with Crippen molar-refractivity contribution in [2.75, 3.05) is 26.2 Å². The van der Waals surface area contributed by atoms with E-state index in [0.717, 1.165) is 6.42 Å². The summed E-state index contributed by atoms with van der Waals surface area (Å²) in [5, 5.41) is 12.2. The molecule has 0 radical (unpaired) electrons. The van der Waals surface area contributed by atoms with Crippen LogP contribution in [0.1, 0.15) is 16.8 Å². The fourth-order valence-electron chi connectivity index (χ4n) is 2.18. The van der Waals surface area contributed by atoms with Gasteiger partial charge in [-0.25, -0.2) is 0 Å². The van der Waals surface area contributed by atoms with Gasteiger partial charge in [-0.1, -0.05) is 11.6 Å². The maximum Gasteiger partial charge on any atom is 0.251 e. The third kappa shape index (κ3) is 3.71. The third-order valence-electron chi connectivity index (χ3n) is 3.40. The summed E-state index contributed by atoms with van der Waals surface area (Å²) in [4.78, 5) is 25.4. The molecular formula is C14H17ClN2O3. The summed E-state index contributed by atoms with van der Waals surface area (Å²) in [6.07, 6.45) is 0.813. The van der Waals surface area contributed by atoms with Crippen molar-refractivity contribution in [3.8, 4) is 0 Å². The number of rotatable bonds is 4. The number of likely N-dealkylation sites (tertiary alicyclic amines) is 1. The second kappa shape index (κ2) is 6.72. The fraction of sp³-hybridized carbons (Fsp3) is 0.429. The van der Waals surface area contributed by atoms with E-state index in [2.05, 4.69) is 5.32 Å². The molecule has 5 nitrogen and oxygen atoms in total. The number of carbonyl (C=O) groups is 2. The molecule has 2 N–H and O–H groups in total. The normalized spacial score (nSPS) is 18.1. The molecule has 20 heavy (non-hydrogen) atoms. The minimum Gasteiger partial charge on any atom is -0.396 e. The predicted molar refractivity (Wildman–Crippen MR) is 75.6 cm³/mol. The van der Waals surface area contributed by atoms with Crippen LogP contribution in [0.25, 0.3) is 0 Å². The molecule has 0 bridgehead atoms. The van der Waals surface area contributed by atoms with Crippen LogP contribution in [0.2, 0.25) is 5.02 Å². The first kappa shape index (κ1) is 14.8. The molecule has 1 aromatic rings. The molecule has 0 aromatic heterocycles. The molecule has 1 fully saturated rings. The van der Waals surface area contributed by atoms with Gasteiger partial charge in [-0.3, -0.25) is 9.59 Å². The van der Waals surface area contributed by atoms with Crippen molar-refractivity contribution in [1.29, 1.82) is 0 Å². The molecule has 1 aromatic carbocycles. The molecular weight excluding hydrogens is 280 g/mol. The Morgan fingerprint density at radius 3 is 2.65 bits per heavy atom. The third-order valence-corrected chi connectivity index (χ3v) is 3.66. The predicted octanol–water partition coefficient (Wildman–Crippen LogP) is 0.911. The molecule has 6 heteroatoms. The van der Waals surface area contributed by atoms with E-state index in [4.69, 9.17) is 16.7 Å². The number of nitrogens with one attached hydrogen (secondary N) is 1. The van der Waals surface area contributed by atoms with E-state index in [0.29, 0.717) is 23.7 Å². The summed E-state index contributed by atoms with van der Waals surface area (Å²) >= 11 is 5.74. The molecule has 1 saturated heterocycles. The van der Waals surface area contributed by atoms with Crippen molar-refractivity contribution in [2.45, 2.75) is 6.42 Å². The highest BCUT2D eigenvalue weighted by Gasteiger charge is 2.25. The van der Waals surface area contributed by atoms with Crippen molar-refractivity contribution in [1.82, 2.24) is 10.2 Å². The first-order valence-electron chi connectivity index (χ1n) is 6.52. The average molecular weight is 297 g/mol. The van der Waals surface area contributed by atoms with E-state index in [1.54, 1.807) is 29.2 Å². The Morgan fingerprint density at radius 2 is 2.05 bits per heavy atom. The molecule has 1 heterocycles. The molecule has 1 atom stereocenters. The Kier molecular flexibility index (Phi) is 4.98. The van der Waals surface area contributed by atoms with Crippen molar-refractivity contribution >= 4 is 23.4 Å². The Labute approximate surface area is 122 Å². The minimum atomic E-state index is -0.298. The van der Waals surface area contributed by atoms with E-state index >= 15 is 0 Å². The van der Waals surface area contributed by atoms with Crippen LogP contribution >= 0.6 is 11.6 Å². The zero-order valence-electron chi connectivity index (χ0n) is 11.0. The summed E-state index contributed by atoms with van der Waals surface area (Å²) in [5.41, 5.74) is 0.469. The highest BCUT2D eigenvalue weighted by Crippen LogP contribution is 2.15. The molecule has 1 unspecified atom stereocenters. The summed E-state index contributed by atoms with van der Waals surface area (Å²) in [6.45, 7) is 1.27. The van der Waals surface area contributed by atoms with Crippen LogP contribution in [0.5, 0.6) is 0 Å². The van der Waals surface area contributed by atoms with Crippen LogP contribution in [0.15, 0.2) is 24.3 Å². The van der Waals surface area contributed by atoms with Crippen LogP contribution in [-0.4, -0.2) is 48.1 Å². The minimum absolute atomic E-state index is 0.0282. The second-order valence-electron chi connectivity index (χ2n) is 4.87. The van der Waals surface area contributed by atoms with Gasteiger partial charge in [0.15, 0.2) is 0 Å². The number of carbonyl (C=O) groups excluding carboxylic acids is 2. The van der Waals surface area contributed by atoms with Crippen molar-refractivity contribution in [2.24, 2.45) is 5.92 Å². The zero-order chi connectivity index (χ0) is 14.5. The molecule has 1 aliphatic rings. The largest absolute Gasteiger partial charge is 0.396 e. The quantitative estimate of drug-likeness (QED) is 0.868. The number of amides is 2. The van der Waals surface area contributed by atoms with Crippen LogP contribution in [0.4, 0.5) is 0 Å². The lowest BCUT2D eigenvalue weighted by atomic mass is 10.1. The molecule has 1 aliphatic heterocycles. The number of benzene rings is 1. The summed E-state index contributed by atoms with van der Waals surface area (Å²) in [6, 6.07) is 6.48. The van der Waals surface area contributed by atoms with Gasteiger partial charge in [0.05, 0.1) is 6.54 Å². The Balaban J connectivity index is 1.81. The molecule has 2 rings (SSSR count). The maximum atomic E-state index is 11.9. The van der Waals surface area contributed by atoms with Gasteiger partial charge in [0.1, 0.15) is 0 Å². The highest BCUT2D eigenvalue weighted by atomic mass is 35.5. The lowest BCUT2D eigenvalue weighted by Gasteiger charge is -2.16. The van der Waals surface area contributed by atoms with Crippen LogP contribution in [0.3, 0.4) is 0 Å². The Hall–Kier alpha value is -1.59. The molecule has 0 aliphatic carbocycles. The fourth-order valence-corrected chi connectivity index (χ4v) is 2.31. The van der Waals surface area contributed by atoms with Crippen molar-refractivity contribution < 1.29 is 14.7 Å². The number of aliphatic hydroxyl groups is 1. The van der Waals surface area contributed by atoms with Gasteiger partial charge in [0.2, 0.25) is 5.91 Å². The van der Waals surface area contributed by atoms with Gasteiger partial charge in [0, 0.05) is 36.2 Å². The van der Waals surface area contributed by atoms with Gasteiger partial charge in [-0.15, -0.1) is 0 Å². The SMILES string of the molecule is O=C(NCC(=O)N1CCC(CO)C1)c1ccc(Cl)cc1. The average Bonchev–Trinajstić information content (AvgIpc) is 2.94. The Morgan fingerprint density at radius 1 is 1.35 bits per heavy atom. The number of aliphatic hydroxyl groups excluding tert-OH is 1. The number of hydrogen-bond acceptors (Lipinski definition) is 3. The summed E-state index contributed by atoms with van der Waals surface area (Å²) in [7, 11) is 0. The van der Waals surface area contributed by atoms with Crippen molar-refractivity contribution in [3.63, 3.8) is 0 Å². The zero-order valence-corrected chi connectivity index (χ0v) is 11.8. The van der Waals surface area contributed by atoms with Crippen molar-refractivity contribution in [3.05, 3.63) is 34.9 Å².